The zero-order valence-corrected chi connectivity index (χ0v) is 7.17. The molecule has 0 N–H and O–H groups in total. The first-order valence-electron chi connectivity index (χ1n) is 3.78. The number of hydrogen-bond acceptors (Lipinski definition) is 2. The third-order valence-corrected chi connectivity index (χ3v) is 1.26. The highest BCUT2D eigenvalue weighted by Gasteiger charge is 2.08. The van der Waals surface area contributed by atoms with E-state index in [0.29, 0.717) is 19.7 Å². The van der Waals surface area contributed by atoms with Gasteiger partial charge < -0.3 is 9.64 Å². The lowest BCUT2D eigenvalue weighted by Crippen LogP contribution is -2.31. The summed E-state index contributed by atoms with van der Waals surface area (Å²) >= 11 is 0. The Morgan fingerprint density at radius 2 is 2.27 bits per heavy atom. The minimum Gasteiger partial charge on any atom is -0.450 e. The highest BCUT2D eigenvalue weighted by molar-refractivity contribution is 5.67. The van der Waals surface area contributed by atoms with E-state index in [0.717, 1.165) is 0 Å². The molecule has 0 unspecified atom stereocenters. The van der Waals surface area contributed by atoms with Gasteiger partial charge in [-0.1, -0.05) is 6.08 Å². The van der Waals surface area contributed by atoms with Crippen LogP contribution in [0, 0.1) is 0 Å². The number of carbonyl (C=O) groups excluding carboxylic acids is 1. The summed E-state index contributed by atoms with van der Waals surface area (Å²) in [5, 5.41) is 0. The summed E-state index contributed by atoms with van der Waals surface area (Å²) < 4.78 is 4.79. The highest BCUT2D eigenvalue weighted by Crippen LogP contribution is 1.92. The van der Waals surface area contributed by atoms with Gasteiger partial charge in [-0.05, 0) is 13.8 Å². The van der Waals surface area contributed by atoms with E-state index < -0.39 is 0 Å². The maximum absolute atomic E-state index is 11.0. The SMILES string of the molecule is C=CCN(CC)C(=O)OCC. The molecule has 0 radical (unpaired) electrons. The smallest absolute Gasteiger partial charge is 0.410 e. The standard InChI is InChI=1S/C8H15NO2/c1-4-7-9(5-2)8(10)11-6-3/h4H,1,5-7H2,2-3H3. The van der Waals surface area contributed by atoms with Gasteiger partial charge in [-0.3, -0.25) is 0 Å². The molecule has 1 amide bonds. The Labute approximate surface area is 67.6 Å². The van der Waals surface area contributed by atoms with Crippen LogP contribution in [0.25, 0.3) is 0 Å². The molecule has 3 nitrogen and oxygen atoms in total. The average molecular weight is 157 g/mol. The normalized spacial score (nSPS) is 8.91. The van der Waals surface area contributed by atoms with Gasteiger partial charge in [0.1, 0.15) is 0 Å². The number of carbonyl (C=O) groups is 1. The van der Waals surface area contributed by atoms with Crippen molar-refractivity contribution in [3.05, 3.63) is 12.7 Å². The number of likely N-dealkylation sites (N-methyl/N-ethyl adjacent to an activating group) is 1. The lowest BCUT2D eigenvalue weighted by molar-refractivity contribution is 0.113. The second kappa shape index (κ2) is 5.77. The fourth-order valence-electron chi connectivity index (χ4n) is 0.703. The predicted octanol–water partition coefficient (Wildman–Crippen LogP) is 1.65. The zero-order valence-electron chi connectivity index (χ0n) is 7.17. The van der Waals surface area contributed by atoms with Crippen LogP contribution in [-0.2, 0) is 4.74 Å². The van der Waals surface area contributed by atoms with Crippen LogP contribution >= 0.6 is 0 Å². The van der Waals surface area contributed by atoms with Gasteiger partial charge in [0, 0.05) is 13.1 Å². The van der Waals surface area contributed by atoms with Crippen LogP contribution in [0.4, 0.5) is 4.79 Å². The summed E-state index contributed by atoms with van der Waals surface area (Å²) in [5.74, 6) is 0. The molecule has 0 rings (SSSR count). The molecular weight excluding hydrogens is 142 g/mol. The van der Waals surface area contributed by atoms with Crippen molar-refractivity contribution in [2.45, 2.75) is 13.8 Å². The first kappa shape index (κ1) is 10.0. The van der Waals surface area contributed by atoms with E-state index in [9.17, 15) is 4.79 Å². The van der Waals surface area contributed by atoms with Gasteiger partial charge in [0.25, 0.3) is 0 Å². The number of hydrogen-bond donors (Lipinski definition) is 0. The summed E-state index contributed by atoms with van der Waals surface area (Å²) in [4.78, 5) is 12.6. The molecule has 0 aromatic rings. The summed E-state index contributed by atoms with van der Waals surface area (Å²) in [6.45, 7) is 8.87. The van der Waals surface area contributed by atoms with Gasteiger partial charge in [0.05, 0.1) is 6.61 Å². The Morgan fingerprint density at radius 3 is 2.64 bits per heavy atom. The first-order chi connectivity index (χ1) is 5.26. The maximum atomic E-state index is 11.0. The van der Waals surface area contributed by atoms with Crippen LogP contribution < -0.4 is 0 Å². The number of amides is 1. The van der Waals surface area contributed by atoms with Gasteiger partial charge in [-0.25, -0.2) is 4.79 Å². The summed E-state index contributed by atoms with van der Waals surface area (Å²) in [5.41, 5.74) is 0. The second-order valence-corrected chi connectivity index (χ2v) is 2.03. The number of nitrogens with zero attached hydrogens (tertiary/aromatic N) is 1. The van der Waals surface area contributed by atoms with Gasteiger partial charge in [-0.2, -0.15) is 0 Å². The lowest BCUT2D eigenvalue weighted by atomic mass is 10.5. The fourth-order valence-corrected chi connectivity index (χ4v) is 0.703. The van der Waals surface area contributed by atoms with Gasteiger partial charge in [-0.15, -0.1) is 6.58 Å². The monoisotopic (exact) mass is 157 g/mol. The van der Waals surface area contributed by atoms with Gasteiger partial charge in [0.15, 0.2) is 0 Å². The first-order valence-corrected chi connectivity index (χ1v) is 3.78. The van der Waals surface area contributed by atoms with Gasteiger partial charge in [0.2, 0.25) is 0 Å². The molecule has 0 aliphatic rings. The van der Waals surface area contributed by atoms with E-state index in [2.05, 4.69) is 6.58 Å². The molecular formula is C8H15NO2. The number of ether oxygens (including phenoxy) is 1. The van der Waals surface area contributed by atoms with E-state index in [1.807, 2.05) is 6.92 Å². The second-order valence-electron chi connectivity index (χ2n) is 2.03. The minimum absolute atomic E-state index is 0.269. The molecule has 0 aliphatic carbocycles. The van der Waals surface area contributed by atoms with Crippen molar-refractivity contribution in [2.24, 2.45) is 0 Å². The lowest BCUT2D eigenvalue weighted by Gasteiger charge is -2.17. The predicted molar refractivity (Wildman–Crippen MR) is 44.5 cm³/mol. The van der Waals surface area contributed by atoms with Gasteiger partial charge >= 0.3 is 6.09 Å². The minimum atomic E-state index is -0.269. The van der Waals surface area contributed by atoms with Crippen molar-refractivity contribution in [3.8, 4) is 0 Å². The van der Waals surface area contributed by atoms with Crippen molar-refractivity contribution >= 4 is 6.09 Å². The molecule has 0 aliphatic heterocycles. The van der Waals surface area contributed by atoms with E-state index in [-0.39, 0.29) is 6.09 Å². The summed E-state index contributed by atoms with van der Waals surface area (Å²) in [6.07, 6.45) is 1.41. The largest absolute Gasteiger partial charge is 0.450 e. The van der Waals surface area contributed by atoms with Crippen LogP contribution in [0.5, 0.6) is 0 Å². The highest BCUT2D eigenvalue weighted by atomic mass is 16.6. The molecule has 0 aromatic heterocycles. The van der Waals surface area contributed by atoms with Crippen molar-refractivity contribution in [2.75, 3.05) is 19.7 Å². The topological polar surface area (TPSA) is 29.5 Å². The summed E-state index contributed by atoms with van der Waals surface area (Å²) in [7, 11) is 0. The molecule has 11 heavy (non-hydrogen) atoms. The van der Waals surface area contributed by atoms with Crippen LogP contribution in [0.3, 0.4) is 0 Å². The Balaban J connectivity index is 3.80. The van der Waals surface area contributed by atoms with Crippen molar-refractivity contribution in [1.29, 1.82) is 0 Å². The van der Waals surface area contributed by atoms with Crippen molar-refractivity contribution < 1.29 is 9.53 Å². The maximum Gasteiger partial charge on any atom is 0.410 e. The van der Waals surface area contributed by atoms with E-state index in [4.69, 9.17) is 4.74 Å². The molecule has 0 fully saturated rings. The molecule has 3 heteroatoms. The summed E-state index contributed by atoms with van der Waals surface area (Å²) in [6, 6.07) is 0. The average Bonchev–Trinajstić information content (AvgIpc) is 2.00. The third kappa shape index (κ3) is 3.65. The van der Waals surface area contributed by atoms with Crippen LogP contribution in [0.1, 0.15) is 13.8 Å². The van der Waals surface area contributed by atoms with E-state index in [1.165, 1.54) is 0 Å². The molecule has 0 saturated carbocycles. The Kier molecular flexibility index (Phi) is 5.25. The third-order valence-electron chi connectivity index (χ3n) is 1.26. The molecule has 0 bridgehead atoms. The van der Waals surface area contributed by atoms with Crippen LogP contribution in [0.15, 0.2) is 12.7 Å². The van der Waals surface area contributed by atoms with Crippen molar-refractivity contribution in [1.82, 2.24) is 4.90 Å². The van der Waals surface area contributed by atoms with E-state index in [1.54, 1.807) is 17.9 Å². The molecule has 0 atom stereocenters. The molecule has 64 valence electrons. The fraction of sp³-hybridized carbons (Fsp3) is 0.625. The molecule has 0 aromatic carbocycles. The Morgan fingerprint density at radius 1 is 1.64 bits per heavy atom. The molecule has 0 spiro atoms. The van der Waals surface area contributed by atoms with E-state index >= 15 is 0 Å². The Bertz CT molecular complexity index is 134. The molecule has 0 saturated heterocycles. The number of rotatable bonds is 4. The molecule has 0 heterocycles. The van der Waals surface area contributed by atoms with Crippen LogP contribution in [-0.4, -0.2) is 30.7 Å². The quantitative estimate of drug-likeness (QED) is 0.581. The zero-order chi connectivity index (χ0) is 8.69. The van der Waals surface area contributed by atoms with Crippen molar-refractivity contribution in [3.63, 3.8) is 0 Å². The van der Waals surface area contributed by atoms with Crippen LogP contribution in [0.2, 0.25) is 0 Å². The Hall–Kier alpha value is -0.990.